The zero-order valence-electron chi connectivity index (χ0n) is 14.4. The summed E-state index contributed by atoms with van der Waals surface area (Å²) in [6.45, 7) is 4.71. The monoisotopic (exact) mass is 456 g/mol. The smallest absolute Gasteiger partial charge is 1.00 e. The van der Waals surface area contributed by atoms with Crippen LogP contribution in [0.2, 0.25) is 0 Å². The van der Waals surface area contributed by atoms with Crippen molar-refractivity contribution < 1.29 is 48.0 Å². The average Bonchev–Trinajstić information content (AvgIpc) is 3.16. The second-order valence-electron chi connectivity index (χ2n) is 6.09. The zero-order valence-corrected chi connectivity index (χ0v) is 19.3. The van der Waals surface area contributed by atoms with Gasteiger partial charge in [0.15, 0.2) is 0 Å². The molecule has 0 nitrogen and oxygen atoms in total. The summed E-state index contributed by atoms with van der Waals surface area (Å²) in [6.07, 6.45) is 16.4. The Kier molecular flexibility index (Phi) is 10.4. The molecular weight excluding hydrogens is 433 g/mol. The third kappa shape index (κ3) is 5.17. The van der Waals surface area contributed by atoms with Gasteiger partial charge in [-0.05, 0) is 0 Å². The Morgan fingerprint density at radius 3 is 2.42 bits per heavy atom. The van der Waals surface area contributed by atoms with Crippen molar-refractivity contribution in [2.75, 3.05) is 12.3 Å². The summed E-state index contributed by atoms with van der Waals surface area (Å²) in [6, 6.07) is 9.18. The van der Waals surface area contributed by atoms with Gasteiger partial charge in [-0.2, -0.15) is 0 Å². The molecule has 0 fully saturated rings. The van der Waals surface area contributed by atoms with Crippen LogP contribution >= 0.6 is 7.92 Å². The topological polar surface area (TPSA) is 0 Å². The Hall–Kier alpha value is 0.333. The molecule has 1 aromatic rings. The Bertz CT molecular complexity index is 616. The normalized spacial score (nSPS) is 17.5. The first kappa shape index (κ1) is 22.4. The molecule has 0 N–H and O–H groups in total. The van der Waals surface area contributed by atoms with Crippen molar-refractivity contribution in [1.29, 1.82) is 0 Å². The Morgan fingerprint density at radius 1 is 1.08 bits per heavy atom. The third-order valence-electron chi connectivity index (χ3n) is 4.36. The molecule has 1 aromatic carbocycles. The molecule has 0 saturated heterocycles. The van der Waals surface area contributed by atoms with Crippen LogP contribution in [0.1, 0.15) is 47.9 Å². The zero-order chi connectivity index (χ0) is 15.4. The standard InChI is InChI=1S/C15H20P.C5H5.2ClH.Zr/c1-3-9-16(10-4-2)15-11-13-7-5-6-8-14(13)12-15;1-2-4-5-3-1;;;/h5-8,11-12H,3-4,9-10H2,1-2H3;1-3H,4H2;2*1H;/q;;;;+2/p-2. The maximum Gasteiger partial charge on any atom is -1.00 e. The number of allylic oxidation sites excluding steroid dienone is 5. The number of rotatable bonds is 7. The molecule has 128 valence electrons. The predicted molar refractivity (Wildman–Crippen MR) is 96.2 cm³/mol. The summed E-state index contributed by atoms with van der Waals surface area (Å²) in [5.41, 5.74) is 3.17. The van der Waals surface area contributed by atoms with Gasteiger partial charge < -0.3 is 24.8 Å². The molecule has 0 bridgehead atoms. The SMILES string of the molecule is CCCP(CCC)C1=Cc2ccccc2[CH]1[Zr+2][C]1=CC=CC1.[Cl-].[Cl-]. The number of fused-ring (bicyclic) bond motifs is 1. The van der Waals surface area contributed by atoms with Crippen LogP contribution in [-0.2, 0) is 23.2 Å². The largest absolute Gasteiger partial charge is 1.00 e. The van der Waals surface area contributed by atoms with E-state index in [0.29, 0.717) is 0 Å². The van der Waals surface area contributed by atoms with Crippen LogP contribution in [0.5, 0.6) is 0 Å². The maximum absolute atomic E-state index is 2.58. The van der Waals surface area contributed by atoms with E-state index < -0.39 is 23.2 Å². The molecule has 0 radical (unpaired) electrons. The molecule has 0 heterocycles. The van der Waals surface area contributed by atoms with Gasteiger partial charge in [0.2, 0.25) is 0 Å². The molecule has 0 saturated carbocycles. The Labute approximate surface area is 172 Å². The van der Waals surface area contributed by atoms with Crippen molar-refractivity contribution in [2.24, 2.45) is 0 Å². The second kappa shape index (κ2) is 11.1. The minimum atomic E-state index is -0.546. The van der Waals surface area contributed by atoms with E-state index in [4.69, 9.17) is 0 Å². The fourth-order valence-corrected chi connectivity index (χ4v) is 11.3. The average molecular weight is 459 g/mol. The van der Waals surface area contributed by atoms with Crippen molar-refractivity contribution in [3.63, 3.8) is 0 Å². The van der Waals surface area contributed by atoms with E-state index in [1.54, 1.807) is 8.84 Å². The quantitative estimate of drug-likeness (QED) is 0.517. The molecule has 0 spiro atoms. The number of hydrogen-bond donors (Lipinski definition) is 0. The van der Waals surface area contributed by atoms with Gasteiger partial charge in [-0.3, -0.25) is 0 Å². The molecule has 4 heteroatoms. The Balaban J connectivity index is 0.00000144. The van der Waals surface area contributed by atoms with Crippen molar-refractivity contribution in [1.82, 2.24) is 0 Å². The molecule has 24 heavy (non-hydrogen) atoms. The summed E-state index contributed by atoms with van der Waals surface area (Å²) in [5, 5.41) is 1.85. The first-order valence-corrected chi connectivity index (χ1v) is 12.9. The van der Waals surface area contributed by atoms with E-state index in [1.165, 1.54) is 37.1 Å². The van der Waals surface area contributed by atoms with Gasteiger partial charge in [0.1, 0.15) is 0 Å². The number of benzene rings is 1. The van der Waals surface area contributed by atoms with E-state index in [1.807, 2.05) is 5.31 Å². The summed E-state index contributed by atoms with van der Waals surface area (Å²) >= 11 is -0.546. The molecule has 2 aliphatic carbocycles. The van der Waals surface area contributed by atoms with E-state index in [2.05, 4.69) is 62.4 Å². The van der Waals surface area contributed by atoms with Gasteiger partial charge in [0.05, 0.1) is 0 Å². The number of halogens is 2. The summed E-state index contributed by atoms with van der Waals surface area (Å²) < 4.78 is 2.59. The molecule has 1 unspecified atom stereocenters. The van der Waals surface area contributed by atoms with Crippen LogP contribution < -0.4 is 24.8 Å². The minimum absolute atomic E-state index is 0. The Morgan fingerprint density at radius 2 is 1.79 bits per heavy atom. The van der Waals surface area contributed by atoms with Crippen LogP contribution in [0, 0.1) is 0 Å². The first-order chi connectivity index (χ1) is 10.8. The van der Waals surface area contributed by atoms with Crippen molar-refractivity contribution in [3.05, 3.63) is 62.2 Å². The van der Waals surface area contributed by atoms with Crippen LogP contribution in [0.3, 0.4) is 0 Å². The van der Waals surface area contributed by atoms with Gasteiger partial charge in [0, 0.05) is 0 Å². The van der Waals surface area contributed by atoms with Crippen LogP contribution in [-0.4, -0.2) is 12.3 Å². The van der Waals surface area contributed by atoms with Gasteiger partial charge in [-0.15, -0.1) is 0 Å². The van der Waals surface area contributed by atoms with E-state index in [9.17, 15) is 0 Å². The van der Waals surface area contributed by atoms with E-state index in [-0.39, 0.29) is 32.7 Å². The van der Waals surface area contributed by atoms with E-state index in [0.717, 1.165) is 3.63 Å². The predicted octanol–water partition coefficient (Wildman–Crippen LogP) is 0.318. The minimum Gasteiger partial charge on any atom is -1.00 e. The maximum atomic E-state index is 2.58. The summed E-state index contributed by atoms with van der Waals surface area (Å²) in [7, 11) is 0.0881. The fourth-order valence-electron chi connectivity index (χ4n) is 3.38. The van der Waals surface area contributed by atoms with E-state index >= 15 is 0 Å². The summed E-state index contributed by atoms with van der Waals surface area (Å²) in [4.78, 5) is 0. The van der Waals surface area contributed by atoms with Gasteiger partial charge in [0.25, 0.3) is 0 Å². The third-order valence-corrected chi connectivity index (χ3v) is 12.1. The first-order valence-electron chi connectivity index (χ1n) is 8.51. The number of hydrogen-bond acceptors (Lipinski definition) is 0. The second-order valence-corrected chi connectivity index (χ2v) is 12.3. The van der Waals surface area contributed by atoms with Gasteiger partial charge in [-0.1, -0.05) is 0 Å². The molecule has 0 aromatic heterocycles. The molecule has 0 aliphatic heterocycles. The van der Waals surface area contributed by atoms with Crippen LogP contribution in [0.25, 0.3) is 6.08 Å². The molecule has 2 aliphatic rings. The van der Waals surface area contributed by atoms with Gasteiger partial charge in [-0.25, -0.2) is 0 Å². The van der Waals surface area contributed by atoms with Crippen molar-refractivity contribution >= 4 is 14.0 Å². The van der Waals surface area contributed by atoms with Crippen LogP contribution in [0.4, 0.5) is 0 Å². The van der Waals surface area contributed by atoms with Gasteiger partial charge >= 0.3 is 149 Å². The van der Waals surface area contributed by atoms with Crippen LogP contribution in [0.15, 0.2) is 51.1 Å². The van der Waals surface area contributed by atoms with Crippen molar-refractivity contribution in [3.8, 4) is 0 Å². The molecular formula is C20H25Cl2PZr. The van der Waals surface area contributed by atoms with Crippen molar-refractivity contribution in [2.45, 2.75) is 36.7 Å². The summed E-state index contributed by atoms with van der Waals surface area (Å²) in [5.74, 6) is 0. The molecule has 3 rings (SSSR count). The molecule has 1 atom stereocenters. The fraction of sp³-hybridized carbons (Fsp3) is 0.400. The molecule has 0 amide bonds.